The number of methoxy groups -OCH3 is 1. The lowest BCUT2D eigenvalue weighted by Gasteiger charge is -2.22. The van der Waals surface area contributed by atoms with Gasteiger partial charge in [-0.3, -0.25) is 4.99 Å². The summed E-state index contributed by atoms with van der Waals surface area (Å²) >= 11 is 0. The number of aliphatic imine (C=N–C) groups is 1. The second kappa shape index (κ2) is 9.08. The van der Waals surface area contributed by atoms with Gasteiger partial charge >= 0.3 is 0 Å². The molecule has 0 heterocycles. The molecule has 0 aromatic heterocycles. The van der Waals surface area contributed by atoms with Crippen LogP contribution in [0.5, 0.6) is 5.75 Å². The van der Waals surface area contributed by atoms with Crippen LogP contribution in [-0.4, -0.2) is 38.1 Å². The largest absolute Gasteiger partial charge is 0.497 e. The highest BCUT2D eigenvalue weighted by Gasteiger charge is 2.39. The molecule has 2 unspecified atom stereocenters. The molecule has 0 radical (unpaired) electrons. The molecule has 5 heteroatoms. The van der Waals surface area contributed by atoms with E-state index in [1.807, 2.05) is 19.2 Å². The second-order valence-corrected chi connectivity index (χ2v) is 6.26. The molecule has 0 amide bonds. The van der Waals surface area contributed by atoms with Crippen molar-refractivity contribution in [2.24, 2.45) is 4.99 Å². The Labute approximate surface area is 167 Å². The minimum Gasteiger partial charge on any atom is -0.497 e. The van der Waals surface area contributed by atoms with Crippen molar-refractivity contribution in [2.75, 3.05) is 21.2 Å². The number of halogens is 1. The lowest BCUT2D eigenvalue weighted by Crippen LogP contribution is -2.40. The first-order valence-corrected chi connectivity index (χ1v) is 8.33. The van der Waals surface area contributed by atoms with Crippen LogP contribution in [0.3, 0.4) is 0 Å². The lowest BCUT2D eigenvalue weighted by atomic mass is 10.1. The third kappa shape index (κ3) is 5.11. The molecule has 1 N–H and O–H groups in total. The summed E-state index contributed by atoms with van der Waals surface area (Å²) in [6.45, 7) is 0.812. The fraction of sp³-hybridized carbons (Fsp3) is 0.350. The predicted molar refractivity (Wildman–Crippen MR) is 114 cm³/mol. The Kier molecular flexibility index (Phi) is 7.11. The molecule has 25 heavy (non-hydrogen) atoms. The van der Waals surface area contributed by atoms with Crippen molar-refractivity contribution < 1.29 is 4.74 Å². The van der Waals surface area contributed by atoms with Gasteiger partial charge in [0.15, 0.2) is 5.96 Å². The number of guanidine groups is 1. The third-order valence-electron chi connectivity index (χ3n) is 4.48. The highest BCUT2D eigenvalue weighted by molar-refractivity contribution is 14.0. The highest BCUT2D eigenvalue weighted by Crippen LogP contribution is 2.40. The van der Waals surface area contributed by atoms with Crippen molar-refractivity contribution in [1.82, 2.24) is 10.2 Å². The van der Waals surface area contributed by atoms with Crippen molar-refractivity contribution in [3.63, 3.8) is 0 Å². The average molecular weight is 451 g/mol. The quantitative estimate of drug-likeness (QED) is 0.426. The second-order valence-electron chi connectivity index (χ2n) is 6.26. The smallest absolute Gasteiger partial charge is 0.193 e. The van der Waals surface area contributed by atoms with Crippen LogP contribution < -0.4 is 10.1 Å². The first kappa shape index (κ1) is 19.6. The zero-order valence-corrected chi connectivity index (χ0v) is 17.3. The van der Waals surface area contributed by atoms with E-state index in [9.17, 15) is 0 Å². The first-order chi connectivity index (χ1) is 11.7. The van der Waals surface area contributed by atoms with Gasteiger partial charge in [0, 0.05) is 32.6 Å². The molecule has 0 spiro atoms. The summed E-state index contributed by atoms with van der Waals surface area (Å²) in [4.78, 5) is 6.59. The lowest BCUT2D eigenvalue weighted by molar-refractivity contribution is 0.414. The van der Waals surface area contributed by atoms with Crippen molar-refractivity contribution in [1.29, 1.82) is 0 Å². The molecule has 2 aromatic carbocycles. The number of nitrogens with zero attached hydrogens (tertiary/aromatic N) is 2. The van der Waals surface area contributed by atoms with Gasteiger partial charge in [0.05, 0.1) is 7.11 Å². The van der Waals surface area contributed by atoms with E-state index in [-0.39, 0.29) is 24.0 Å². The molecule has 0 saturated heterocycles. The standard InChI is InChI=1S/C20H25N3O.HI/c1-21-20(22-19-13-18(19)16-7-5-4-6-8-16)23(2)14-15-9-11-17(24-3)12-10-15;/h4-12,18-19H,13-14H2,1-3H3,(H,21,22);1H. The molecule has 3 rings (SSSR count). The maximum atomic E-state index is 5.21. The summed E-state index contributed by atoms with van der Waals surface area (Å²) in [5, 5.41) is 3.58. The summed E-state index contributed by atoms with van der Waals surface area (Å²) < 4.78 is 5.21. The van der Waals surface area contributed by atoms with Crippen LogP contribution in [-0.2, 0) is 6.54 Å². The molecule has 0 aliphatic heterocycles. The van der Waals surface area contributed by atoms with Gasteiger partial charge in [-0.1, -0.05) is 42.5 Å². The van der Waals surface area contributed by atoms with E-state index >= 15 is 0 Å². The Morgan fingerprint density at radius 3 is 2.44 bits per heavy atom. The fourth-order valence-electron chi connectivity index (χ4n) is 3.01. The van der Waals surface area contributed by atoms with Gasteiger partial charge in [-0.25, -0.2) is 0 Å². The van der Waals surface area contributed by atoms with E-state index < -0.39 is 0 Å². The summed E-state index contributed by atoms with van der Waals surface area (Å²) in [6, 6.07) is 19.3. The van der Waals surface area contributed by atoms with Crippen LogP contribution in [0.1, 0.15) is 23.5 Å². The zero-order valence-electron chi connectivity index (χ0n) is 15.0. The Bertz CT molecular complexity index is 688. The van der Waals surface area contributed by atoms with Crippen LogP contribution in [0.25, 0.3) is 0 Å². The van der Waals surface area contributed by atoms with Crippen LogP contribution in [0.4, 0.5) is 0 Å². The summed E-state index contributed by atoms with van der Waals surface area (Å²) in [6.07, 6.45) is 1.17. The van der Waals surface area contributed by atoms with E-state index in [1.54, 1.807) is 7.11 Å². The number of nitrogens with one attached hydrogen (secondary N) is 1. The maximum absolute atomic E-state index is 5.21. The minimum absolute atomic E-state index is 0. The Balaban J connectivity index is 0.00000225. The van der Waals surface area contributed by atoms with Crippen LogP contribution >= 0.6 is 24.0 Å². The molecule has 2 aromatic rings. The Morgan fingerprint density at radius 2 is 1.84 bits per heavy atom. The third-order valence-corrected chi connectivity index (χ3v) is 4.48. The molecule has 0 bridgehead atoms. The molecule has 1 fully saturated rings. The van der Waals surface area contributed by atoms with Gasteiger partial charge in [0.2, 0.25) is 0 Å². The van der Waals surface area contributed by atoms with Crippen molar-refractivity contribution in [3.05, 3.63) is 65.7 Å². The normalized spacial score (nSPS) is 18.9. The fourth-order valence-corrected chi connectivity index (χ4v) is 3.01. The van der Waals surface area contributed by atoms with E-state index in [0.29, 0.717) is 12.0 Å². The Hall–Kier alpha value is -1.76. The number of ether oxygens (including phenoxy) is 1. The summed E-state index contributed by atoms with van der Waals surface area (Å²) in [5.74, 6) is 2.42. The van der Waals surface area contributed by atoms with Gasteiger partial charge in [0.1, 0.15) is 5.75 Å². The molecule has 4 nitrogen and oxygen atoms in total. The van der Waals surface area contributed by atoms with Gasteiger partial charge in [-0.05, 0) is 29.7 Å². The van der Waals surface area contributed by atoms with Crippen molar-refractivity contribution >= 4 is 29.9 Å². The van der Waals surface area contributed by atoms with Crippen LogP contribution in [0, 0.1) is 0 Å². The minimum atomic E-state index is 0. The topological polar surface area (TPSA) is 36.9 Å². The van der Waals surface area contributed by atoms with Crippen molar-refractivity contribution in [3.8, 4) is 5.75 Å². The summed E-state index contributed by atoms with van der Waals surface area (Å²) in [5.41, 5.74) is 2.64. The first-order valence-electron chi connectivity index (χ1n) is 8.33. The monoisotopic (exact) mass is 451 g/mol. The number of benzene rings is 2. The van der Waals surface area contributed by atoms with Gasteiger partial charge in [-0.2, -0.15) is 0 Å². The number of rotatable bonds is 5. The number of hydrogen-bond donors (Lipinski definition) is 1. The molecule has 1 aliphatic rings. The summed E-state index contributed by atoms with van der Waals surface area (Å²) in [7, 11) is 5.60. The van der Waals surface area contributed by atoms with Gasteiger partial charge in [-0.15, -0.1) is 24.0 Å². The SMILES string of the molecule is CN=C(NC1CC1c1ccccc1)N(C)Cc1ccc(OC)cc1.I. The molecule has 1 aliphatic carbocycles. The van der Waals surface area contributed by atoms with E-state index in [4.69, 9.17) is 4.74 Å². The van der Waals surface area contributed by atoms with Gasteiger partial charge < -0.3 is 15.0 Å². The Morgan fingerprint density at radius 1 is 1.16 bits per heavy atom. The van der Waals surface area contributed by atoms with Gasteiger partial charge in [0.25, 0.3) is 0 Å². The van der Waals surface area contributed by atoms with E-state index in [1.165, 1.54) is 17.5 Å². The predicted octanol–water partition coefficient (Wildman–Crippen LogP) is 3.88. The molecular formula is C20H26IN3O. The molecule has 134 valence electrons. The molecule has 1 saturated carbocycles. The average Bonchev–Trinajstić information content (AvgIpc) is 3.40. The zero-order chi connectivity index (χ0) is 16.9. The van der Waals surface area contributed by atoms with E-state index in [0.717, 1.165) is 18.3 Å². The molecular weight excluding hydrogens is 425 g/mol. The van der Waals surface area contributed by atoms with Crippen LogP contribution in [0.15, 0.2) is 59.6 Å². The maximum Gasteiger partial charge on any atom is 0.193 e. The van der Waals surface area contributed by atoms with Crippen LogP contribution in [0.2, 0.25) is 0 Å². The number of hydrogen-bond acceptors (Lipinski definition) is 2. The highest BCUT2D eigenvalue weighted by atomic mass is 127. The van der Waals surface area contributed by atoms with E-state index in [2.05, 4.69) is 64.7 Å². The van der Waals surface area contributed by atoms with Crippen molar-refractivity contribution in [2.45, 2.75) is 24.9 Å². The molecule has 2 atom stereocenters.